The van der Waals surface area contributed by atoms with E-state index in [1.165, 1.54) is 0 Å². The molecule has 1 amide bonds. The number of nitrogens with one attached hydrogen (secondary N) is 2. The Morgan fingerprint density at radius 1 is 0.925 bits per heavy atom. The quantitative estimate of drug-likeness (QED) is 0.0904. The lowest BCUT2D eigenvalue weighted by Crippen LogP contribution is -2.39. The topological polar surface area (TPSA) is 133 Å². The van der Waals surface area contributed by atoms with Crippen LogP contribution in [0.2, 0.25) is 10.0 Å². The lowest BCUT2D eigenvalue weighted by atomic mass is 10.1. The Hall–Kier alpha value is -4.05. The van der Waals surface area contributed by atoms with Gasteiger partial charge in [-0.05, 0) is 66.2 Å². The molecule has 0 aliphatic rings. The summed E-state index contributed by atoms with van der Waals surface area (Å²) in [6, 6.07) is 22.1. The van der Waals surface area contributed by atoms with Crippen LogP contribution in [0.4, 0.5) is 0 Å². The molecule has 0 unspecified atom stereocenters. The van der Waals surface area contributed by atoms with E-state index in [0.717, 1.165) is 33.8 Å². The molecular weight excluding hydrogens is 549 g/mol. The molecule has 9 nitrogen and oxygen atoms in total. The number of hydrogen-bond donors (Lipinski definition) is 4. The number of halogens is 2. The fraction of sp³-hybridized carbons (Fsp3) is 0.207. The Bertz CT molecular complexity index is 1380. The molecule has 1 heterocycles. The fourth-order valence-corrected chi connectivity index (χ4v) is 4.12. The van der Waals surface area contributed by atoms with Gasteiger partial charge in [0.15, 0.2) is 0 Å². The van der Waals surface area contributed by atoms with E-state index in [4.69, 9.17) is 44.6 Å². The van der Waals surface area contributed by atoms with Crippen molar-refractivity contribution in [3.63, 3.8) is 0 Å². The molecule has 40 heavy (non-hydrogen) atoms. The number of ether oxygens (including phenoxy) is 1. The number of nitrogens with two attached hydrogens (primary N) is 2. The van der Waals surface area contributed by atoms with Gasteiger partial charge in [0.2, 0.25) is 5.96 Å². The molecular formula is C29H35Cl2N7O2. The molecule has 3 aromatic carbocycles. The van der Waals surface area contributed by atoms with Crippen LogP contribution in [-0.4, -0.2) is 28.8 Å². The minimum atomic E-state index is -0.409. The maximum atomic E-state index is 12.3. The molecule has 0 atom stereocenters. The zero-order valence-corrected chi connectivity index (χ0v) is 24.7. The van der Waals surface area contributed by atoms with Gasteiger partial charge < -0.3 is 10.5 Å². The van der Waals surface area contributed by atoms with Crippen molar-refractivity contribution in [2.45, 2.75) is 34.2 Å². The van der Waals surface area contributed by atoms with Crippen LogP contribution < -0.4 is 27.2 Å². The predicted octanol–water partition coefficient (Wildman–Crippen LogP) is 6.06. The van der Waals surface area contributed by atoms with E-state index in [1.807, 2.05) is 92.5 Å². The van der Waals surface area contributed by atoms with Crippen LogP contribution in [0.15, 0.2) is 77.9 Å². The number of hydrazone groups is 1. The summed E-state index contributed by atoms with van der Waals surface area (Å²) in [5.74, 6) is 5.27. The zero-order chi connectivity index (χ0) is 29.7. The maximum absolute atomic E-state index is 12.3. The highest BCUT2D eigenvalue weighted by Crippen LogP contribution is 2.31. The van der Waals surface area contributed by atoms with Crippen LogP contribution >= 0.6 is 23.2 Å². The van der Waals surface area contributed by atoms with Gasteiger partial charge in [0.25, 0.3) is 5.91 Å². The van der Waals surface area contributed by atoms with Gasteiger partial charge in [-0.3, -0.25) is 14.8 Å². The molecule has 212 valence electrons. The molecule has 0 aliphatic carbocycles. The van der Waals surface area contributed by atoms with Crippen LogP contribution in [0.5, 0.6) is 5.75 Å². The highest BCUT2D eigenvalue weighted by atomic mass is 35.5. The molecule has 0 aliphatic heterocycles. The van der Waals surface area contributed by atoms with E-state index in [0.29, 0.717) is 22.2 Å². The van der Waals surface area contributed by atoms with Crippen LogP contribution in [0, 0.1) is 0 Å². The highest BCUT2D eigenvalue weighted by molar-refractivity contribution is 6.35. The Balaban J connectivity index is 0.00000134. The van der Waals surface area contributed by atoms with E-state index in [1.54, 1.807) is 25.3 Å². The molecule has 11 heteroatoms. The maximum Gasteiger partial charge on any atom is 0.257 e. The number of aromatic nitrogens is 2. The number of nitrogens with zero attached hydrogens (tertiary/aromatic N) is 3. The van der Waals surface area contributed by atoms with Crippen LogP contribution in [0.1, 0.15) is 43.6 Å². The summed E-state index contributed by atoms with van der Waals surface area (Å²) in [5.41, 5.74) is 12.3. The molecule has 0 bridgehead atoms. The number of hydrazine groups is 1. The minimum absolute atomic E-state index is 0.140. The first kappa shape index (κ1) is 32.2. The van der Waals surface area contributed by atoms with Crippen molar-refractivity contribution < 1.29 is 9.53 Å². The second-order valence-corrected chi connectivity index (χ2v) is 8.61. The van der Waals surface area contributed by atoms with Crippen molar-refractivity contribution in [2.24, 2.45) is 16.7 Å². The average molecular weight is 585 g/mol. The van der Waals surface area contributed by atoms with E-state index in [2.05, 4.69) is 10.4 Å². The van der Waals surface area contributed by atoms with Crippen molar-refractivity contribution >= 4 is 35.1 Å². The summed E-state index contributed by atoms with van der Waals surface area (Å²) in [6.07, 6.45) is 0. The molecule has 0 saturated heterocycles. The van der Waals surface area contributed by atoms with E-state index < -0.39 is 5.91 Å². The van der Waals surface area contributed by atoms with Crippen LogP contribution in [0.25, 0.3) is 22.5 Å². The number of carbonyl (C=O) groups excluding carboxylic acids is 1. The highest BCUT2D eigenvalue weighted by Gasteiger charge is 2.14. The molecule has 4 rings (SSSR count). The largest absolute Gasteiger partial charge is 0.497 e. The number of methoxy groups -OCH3 is 1. The molecule has 0 saturated carbocycles. The monoisotopic (exact) mass is 583 g/mol. The molecule has 4 aromatic rings. The smallest absolute Gasteiger partial charge is 0.257 e. The van der Waals surface area contributed by atoms with Gasteiger partial charge in [-0.25, -0.2) is 11.4 Å². The Kier molecular flexibility index (Phi) is 13.0. The molecule has 0 radical (unpaired) electrons. The van der Waals surface area contributed by atoms with Crippen molar-refractivity contribution in [2.75, 3.05) is 7.11 Å². The van der Waals surface area contributed by atoms with Crippen molar-refractivity contribution in [3.05, 3.63) is 94.0 Å². The lowest BCUT2D eigenvalue weighted by molar-refractivity contribution is 0.0976. The number of carbonyl (C=O) groups is 1. The molecule has 0 fully saturated rings. The second-order valence-electron chi connectivity index (χ2n) is 7.74. The average Bonchev–Trinajstić information content (AvgIpc) is 3.39. The van der Waals surface area contributed by atoms with E-state index >= 15 is 0 Å². The lowest BCUT2D eigenvalue weighted by Gasteiger charge is -2.10. The standard InChI is InChI=1S/C25H23Cl2N7O2.2C2H6/c1-36-21-8-6-16(7-9-21)22-13-23(18-10-19(26)12-20(27)11-18)34(32-22)14-15-2-4-17(5-3-15)24(35)30-25(28)31-33-29;2*1-2/h2-13,33H,14,29H2,1H3,(H3,28,30,31,35);2*1-2H3. The first-order valence-corrected chi connectivity index (χ1v) is 13.5. The summed E-state index contributed by atoms with van der Waals surface area (Å²) in [4.78, 5) is 12.3. The summed E-state index contributed by atoms with van der Waals surface area (Å²) >= 11 is 12.6. The van der Waals surface area contributed by atoms with Gasteiger partial charge in [-0.1, -0.05) is 63.0 Å². The Morgan fingerprint density at radius 3 is 2.08 bits per heavy atom. The molecule has 0 spiro atoms. The van der Waals surface area contributed by atoms with E-state index in [9.17, 15) is 4.79 Å². The summed E-state index contributed by atoms with van der Waals surface area (Å²) in [5, 5.41) is 11.8. The number of amides is 1. The number of rotatable bonds is 7. The summed E-state index contributed by atoms with van der Waals surface area (Å²) in [7, 11) is 1.62. The van der Waals surface area contributed by atoms with Gasteiger partial charge in [-0.15, -0.1) is 5.10 Å². The number of guanidine groups is 1. The third kappa shape index (κ3) is 8.74. The van der Waals surface area contributed by atoms with Gasteiger partial charge in [0.1, 0.15) is 5.75 Å². The SMILES string of the molecule is CC.CC.COc1ccc(-c2cc(-c3cc(Cl)cc(Cl)c3)n(Cc3ccc(C(=O)N/C(N)=N/NN)cc3)n2)cc1. The number of hydrogen-bond acceptors (Lipinski definition) is 6. The first-order chi connectivity index (χ1) is 19.4. The van der Waals surface area contributed by atoms with Crippen molar-refractivity contribution in [3.8, 4) is 28.3 Å². The van der Waals surface area contributed by atoms with Crippen molar-refractivity contribution in [1.82, 2.24) is 20.6 Å². The van der Waals surface area contributed by atoms with Crippen LogP contribution in [0.3, 0.4) is 0 Å². The number of benzene rings is 3. The Labute approximate surface area is 245 Å². The third-order valence-corrected chi connectivity index (χ3v) is 5.74. The van der Waals surface area contributed by atoms with Gasteiger partial charge in [-0.2, -0.15) is 5.10 Å². The third-order valence-electron chi connectivity index (χ3n) is 5.30. The minimum Gasteiger partial charge on any atom is -0.497 e. The zero-order valence-electron chi connectivity index (χ0n) is 23.2. The molecule has 1 aromatic heterocycles. The normalized spacial score (nSPS) is 10.4. The summed E-state index contributed by atoms with van der Waals surface area (Å²) < 4.78 is 7.13. The van der Waals surface area contributed by atoms with Gasteiger partial charge in [0, 0.05) is 26.7 Å². The second kappa shape index (κ2) is 16.1. The Morgan fingerprint density at radius 2 is 1.52 bits per heavy atom. The van der Waals surface area contributed by atoms with Gasteiger partial charge >= 0.3 is 0 Å². The predicted molar refractivity (Wildman–Crippen MR) is 164 cm³/mol. The fourth-order valence-electron chi connectivity index (χ4n) is 3.59. The van der Waals surface area contributed by atoms with Gasteiger partial charge in [0.05, 0.1) is 25.0 Å². The van der Waals surface area contributed by atoms with Crippen molar-refractivity contribution in [1.29, 1.82) is 0 Å². The first-order valence-electron chi connectivity index (χ1n) is 12.7. The van der Waals surface area contributed by atoms with Crippen LogP contribution in [-0.2, 0) is 6.54 Å². The van der Waals surface area contributed by atoms with E-state index in [-0.39, 0.29) is 5.96 Å². The summed E-state index contributed by atoms with van der Waals surface area (Å²) in [6.45, 7) is 8.44. The molecule has 6 N–H and O–H groups in total.